The highest BCUT2D eigenvalue weighted by Gasteiger charge is 2.24. The molecule has 0 radical (unpaired) electrons. The van der Waals surface area contributed by atoms with Crippen LogP contribution in [0, 0.1) is 0 Å². The summed E-state index contributed by atoms with van der Waals surface area (Å²) in [5.41, 5.74) is 2.40. The standard InChI is InChI=1S/C16H14ClNO/c17-12-8-9-15(18-10-12)16(19)14-7-2-1-6-13(14)11-4-3-5-11/h1-2,6-11H,3-5H2. The SMILES string of the molecule is O=C(c1ccc(Cl)cn1)c1ccccc1C1CCC1. The largest absolute Gasteiger partial charge is 0.287 e. The van der Waals surface area contributed by atoms with E-state index in [9.17, 15) is 4.79 Å². The molecule has 0 saturated heterocycles. The molecule has 3 rings (SSSR count). The van der Waals surface area contributed by atoms with Crippen LogP contribution in [0.4, 0.5) is 0 Å². The second-order valence-electron chi connectivity index (χ2n) is 4.91. The highest BCUT2D eigenvalue weighted by Crippen LogP contribution is 2.38. The number of halogens is 1. The Kier molecular flexibility index (Phi) is 3.34. The summed E-state index contributed by atoms with van der Waals surface area (Å²) in [5.74, 6) is 0.520. The predicted molar refractivity (Wildman–Crippen MR) is 75.7 cm³/mol. The first-order valence-electron chi connectivity index (χ1n) is 6.51. The Bertz CT molecular complexity index is 602. The van der Waals surface area contributed by atoms with Gasteiger partial charge < -0.3 is 0 Å². The molecule has 1 aliphatic carbocycles. The minimum Gasteiger partial charge on any atom is -0.287 e. The Morgan fingerprint density at radius 3 is 2.58 bits per heavy atom. The van der Waals surface area contributed by atoms with Crippen molar-refractivity contribution in [1.29, 1.82) is 0 Å². The van der Waals surface area contributed by atoms with E-state index in [1.165, 1.54) is 25.5 Å². The molecule has 0 amide bonds. The van der Waals surface area contributed by atoms with E-state index in [0.717, 1.165) is 11.1 Å². The number of carbonyl (C=O) groups excluding carboxylic acids is 1. The lowest BCUT2D eigenvalue weighted by Crippen LogP contribution is -2.15. The fourth-order valence-corrected chi connectivity index (χ4v) is 2.54. The van der Waals surface area contributed by atoms with Crippen LogP contribution >= 0.6 is 11.6 Å². The maximum Gasteiger partial charge on any atom is 0.211 e. The van der Waals surface area contributed by atoms with Crippen LogP contribution in [0.2, 0.25) is 5.02 Å². The van der Waals surface area contributed by atoms with E-state index in [2.05, 4.69) is 11.1 Å². The van der Waals surface area contributed by atoms with Gasteiger partial charge in [0.25, 0.3) is 0 Å². The fourth-order valence-electron chi connectivity index (χ4n) is 2.43. The Morgan fingerprint density at radius 2 is 1.95 bits per heavy atom. The first-order chi connectivity index (χ1) is 9.25. The van der Waals surface area contributed by atoms with Gasteiger partial charge in [-0.3, -0.25) is 9.78 Å². The molecule has 3 heteroatoms. The smallest absolute Gasteiger partial charge is 0.211 e. The highest BCUT2D eigenvalue weighted by atomic mass is 35.5. The van der Waals surface area contributed by atoms with E-state index in [0.29, 0.717) is 16.6 Å². The van der Waals surface area contributed by atoms with Crippen molar-refractivity contribution in [2.24, 2.45) is 0 Å². The van der Waals surface area contributed by atoms with Crippen LogP contribution in [0.25, 0.3) is 0 Å². The Labute approximate surface area is 117 Å². The monoisotopic (exact) mass is 271 g/mol. The van der Waals surface area contributed by atoms with Gasteiger partial charge in [0.1, 0.15) is 5.69 Å². The van der Waals surface area contributed by atoms with E-state index in [-0.39, 0.29) is 5.78 Å². The first-order valence-corrected chi connectivity index (χ1v) is 6.88. The van der Waals surface area contributed by atoms with Gasteiger partial charge in [-0.2, -0.15) is 0 Å². The zero-order valence-corrected chi connectivity index (χ0v) is 11.2. The van der Waals surface area contributed by atoms with E-state index >= 15 is 0 Å². The van der Waals surface area contributed by atoms with Crippen molar-refractivity contribution in [3.63, 3.8) is 0 Å². The average Bonchev–Trinajstić information content (AvgIpc) is 2.37. The van der Waals surface area contributed by atoms with Crippen molar-refractivity contribution in [2.45, 2.75) is 25.2 Å². The number of nitrogens with zero attached hydrogens (tertiary/aromatic N) is 1. The molecule has 1 aliphatic rings. The molecule has 0 N–H and O–H groups in total. The topological polar surface area (TPSA) is 30.0 Å². The van der Waals surface area contributed by atoms with Gasteiger partial charge in [0.05, 0.1) is 5.02 Å². The predicted octanol–water partition coefficient (Wildman–Crippen LogP) is 4.23. The van der Waals surface area contributed by atoms with Gasteiger partial charge in [-0.25, -0.2) is 0 Å². The minimum atomic E-state index is -0.0147. The highest BCUT2D eigenvalue weighted by molar-refractivity contribution is 6.30. The van der Waals surface area contributed by atoms with Crippen molar-refractivity contribution >= 4 is 17.4 Å². The number of hydrogen-bond acceptors (Lipinski definition) is 2. The van der Waals surface area contributed by atoms with Crippen molar-refractivity contribution < 1.29 is 4.79 Å². The molecule has 1 aromatic heterocycles. The van der Waals surface area contributed by atoms with Gasteiger partial charge in [-0.15, -0.1) is 0 Å². The Balaban J connectivity index is 1.97. The van der Waals surface area contributed by atoms with Crippen LogP contribution in [0.1, 0.15) is 46.8 Å². The first kappa shape index (κ1) is 12.4. The average molecular weight is 272 g/mol. The van der Waals surface area contributed by atoms with Crippen molar-refractivity contribution in [3.8, 4) is 0 Å². The molecule has 1 heterocycles. The molecule has 96 valence electrons. The second kappa shape index (κ2) is 5.14. The van der Waals surface area contributed by atoms with Gasteiger partial charge in [0.15, 0.2) is 0 Å². The van der Waals surface area contributed by atoms with Gasteiger partial charge >= 0.3 is 0 Å². The summed E-state index contributed by atoms with van der Waals surface area (Å²) in [6, 6.07) is 11.3. The molecule has 2 nitrogen and oxygen atoms in total. The summed E-state index contributed by atoms with van der Waals surface area (Å²) in [4.78, 5) is 16.6. The van der Waals surface area contributed by atoms with E-state index < -0.39 is 0 Å². The molecule has 0 unspecified atom stereocenters. The molecule has 0 bridgehead atoms. The fraction of sp³-hybridized carbons (Fsp3) is 0.250. The van der Waals surface area contributed by atoms with Crippen molar-refractivity contribution in [2.75, 3.05) is 0 Å². The lowest BCUT2D eigenvalue weighted by atomic mass is 9.77. The Hall–Kier alpha value is -1.67. The number of pyridine rings is 1. The quantitative estimate of drug-likeness (QED) is 0.782. The van der Waals surface area contributed by atoms with Crippen LogP contribution in [-0.2, 0) is 0 Å². The summed E-state index contributed by atoms with van der Waals surface area (Å²) in [5, 5.41) is 0.545. The van der Waals surface area contributed by atoms with Gasteiger partial charge in [0.2, 0.25) is 5.78 Å². The van der Waals surface area contributed by atoms with Crippen LogP contribution < -0.4 is 0 Å². The van der Waals surface area contributed by atoms with Gasteiger partial charge in [-0.1, -0.05) is 42.3 Å². The van der Waals surface area contributed by atoms with Crippen LogP contribution in [0.3, 0.4) is 0 Å². The van der Waals surface area contributed by atoms with Gasteiger partial charge in [-0.05, 0) is 36.5 Å². The molecule has 2 aromatic rings. The third kappa shape index (κ3) is 2.41. The normalized spacial score (nSPS) is 15.0. The van der Waals surface area contributed by atoms with Crippen LogP contribution in [0.15, 0.2) is 42.6 Å². The molecule has 0 aliphatic heterocycles. The number of aromatic nitrogens is 1. The molecule has 0 atom stereocenters. The van der Waals surface area contributed by atoms with E-state index in [4.69, 9.17) is 11.6 Å². The molecule has 0 spiro atoms. The van der Waals surface area contributed by atoms with Crippen molar-refractivity contribution in [1.82, 2.24) is 4.98 Å². The zero-order chi connectivity index (χ0) is 13.2. The lowest BCUT2D eigenvalue weighted by Gasteiger charge is -2.27. The van der Waals surface area contributed by atoms with Crippen LogP contribution in [0.5, 0.6) is 0 Å². The summed E-state index contributed by atoms with van der Waals surface area (Å²) >= 11 is 5.80. The molecule has 1 aromatic carbocycles. The lowest BCUT2D eigenvalue weighted by molar-refractivity contribution is 0.103. The molecule has 1 fully saturated rings. The van der Waals surface area contributed by atoms with Crippen molar-refractivity contribution in [3.05, 3.63) is 64.4 Å². The molecular weight excluding hydrogens is 258 g/mol. The summed E-state index contributed by atoms with van der Waals surface area (Å²) < 4.78 is 0. The summed E-state index contributed by atoms with van der Waals surface area (Å²) in [6.45, 7) is 0. The molecular formula is C16H14ClNO. The number of carbonyl (C=O) groups is 1. The molecule has 19 heavy (non-hydrogen) atoms. The second-order valence-corrected chi connectivity index (χ2v) is 5.34. The number of ketones is 1. The van der Waals surface area contributed by atoms with E-state index in [1.807, 2.05) is 18.2 Å². The Morgan fingerprint density at radius 1 is 1.16 bits per heavy atom. The maximum atomic E-state index is 12.5. The van der Waals surface area contributed by atoms with E-state index in [1.54, 1.807) is 12.1 Å². The third-order valence-corrected chi connectivity index (χ3v) is 3.93. The molecule has 1 saturated carbocycles. The minimum absolute atomic E-state index is 0.0147. The van der Waals surface area contributed by atoms with Gasteiger partial charge in [0, 0.05) is 11.8 Å². The van der Waals surface area contributed by atoms with Crippen LogP contribution in [-0.4, -0.2) is 10.8 Å². The number of rotatable bonds is 3. The number of hydrogen-bond donors (Lipinski definition) is 0. The number of benzene rings is 1. The maximum absolute atomic E-state index is 12.5. The third-order valence-electron chi connectivity index (χ3n) is 3.71. The zero-order valence-electron chi connectivity index (χ0n) is 10.5. The summed E-state index contributed by atoms with van der Waals surface area (Å²) in [6.07, 6.45) is 5.13. The summed E-state index contributed by atoms with van der Waals surface area (Å²) in [7, 11) is 0.